The maximum atomic E-state index is 10.4. The van der Waals surface area contributed by atoms with Gasteiger partial charge in [0.25, 0.3) is 0 Å². The van der Waals surface area contributed by atoms with E-state index in [0.29, 0.717) is 11.9 Å². The second-order valence-corrected chi connectivity index (χ2v) is 4.45. The van der Waals surface area contributed by atoms with Crippen molar-refractivity contribution in [1.29, 1.82) is 0 Å². The average molecular weight is 251 g/mol. The summed E-state index contributed by atoms with van der Waals surface area (Å²) in [6, 6.07) is 0. The lowest BCUT2D eigenvalue weighted by Gasteiger charge is -2.13. The first kappa shape index (κ1) is 12.7. The van der Waals surface area contributed by atoms with Crippen LogP contribution >= 0.6 is 0 Å². The van der Waals surface area contributed by atoms with Gasteiger partial charge in [-0.2, -0.15) is 0 Å². The van der Waals surface area contributed by atoms with Crippen LogP contribution in [0.15, 0.2) is 12.4 Å². The van der Waals surface area contributed by atoms with Crippen LogP contribution in [0.5, 0.6) is 0 Å². The fraction of sp³-hybridized carbons (Fsp3) is 0.636. The number of aromatic nitrogens is 2. The van der Waals surface area contributed by atoms with Crippen LogP contribution in [0.1, 0.15) is 13.3 Å². The monoisotopic (exact) mass is 251 g/mol. The zero-order valence-corrected chi connectivity index (χ0v) is 10.4. The van der Waals surface area contributed by atoms with E-state index in [1.807, 2.05) is 0 Å². The summed E-state index contributed by atoms with van der Waals surface area (Å²) in [7, 11) is 0. The molecule has 7 nitrogen and oxygen atoms in total. The van der Waals surface area contributed by atoms with Gasteiger partial charge in [0.1, 0.15) is 12.4 Å². The smallest absolute Gasteiger partial charge is 0.305 e. The lowest BCUT2D eigenvalue weighted by Crippen LogP contribution is -2.22. The van der Waals surface area contributed by atoms with Crippen molar-refractivity contribution >= 4 is 11.6 Å². The van der Waals surface area contributed by atoms with Gasteiger partial charge in [0, 0.05) is 13.1 Å². The van der Waals surface area contributed by atoms with Gasteiger partial charge < -0.3 is 10.2 Å². The fourth-order valence-electron chi connectivity index (χ4n) is 2.11. The molecule has 0 saturated carbocycles. The third-order valence-corrected chi connectivity index (χ3v) is 3.22. The Hall–Kier alpha value is -1.76. The minimum Gasteiger partial charge on any atom is -0.354 e. The molecular weight excluding hydrogens is 234 g/mol. The molecule has 0 spiro atoms. The highest BCUT2D eigenvalue weighted by molar-refractivity contribution is 5.30. The summed E-state index contributed by atoms with van der Waals surface area (Å²) in [6.07, 6.45) is 3.62. The van der Waals surface area contributed by atoms with Crippen LogP contribution in [0.25, 0.3) is 0 Å². The fourth-order valence-corrected chi connectivity index (χ4v) is 2.11. The van der Waals surface area contributed by atoms with E-state index in [4.69, 9.17) is 0 Å². The summed E-state index contributed by atoms with van der Waals surface area (Å²) < 4.78 is 0. The van der Waals surface area contributed by atoms with Crippen molar-refractivity contribution < 1.29 is 4.92 Å². The molecular formula is C11H17N5O2. The third-order valence-electron chi connectivity index (χ3n) is 3.22. The van der Waals surface area contributed by atoms with E-state index in [9.17, 15) is 10.1 Å². The summed E-state index contributed by atoms with van der Waals surface area (Å²) in [6.45, 7) is 6.30. The summed E-state index contributed by atoms with van der Waals surface area (Å²) in [4.78, 5) is 20.2. The van der Waals surface area contributed by atoms with Crippen molar-refractivity contribution in [3.05, 3.63) is 22.5 Å². The lowest BCUT2D eigenvalue weighted by molar-refractivity contribution is -0.385. The Morgan fingerprint density at radius 1 is 1.56 bits per heavy atom. The van der Waals surface area contributed by atoms with Crippen molar-refractivity contribution in [3.63, 3.8) is 0 Å². The standard InChI is InChI=1S/C11H17N5O2/c1-2-15-4-3-9(8-15)5-12-11-13-6-10(7-14-11)16(17)18/h6-7,9H,2-5,8H2,1H3,(H,12,13,14). The molecule has 0 aliphatic carbocycles. The maximum Gasteiger partial charge on any atom is 0.305 e. The average Bonchev–Trinajstić information content (AvgIpc) is 2.85. The Bertz CT molecular complexity index is 408. The maximum absolute atomic E-state index is 10.4. The molecule has 0 amide bonds. The van der Waals surface area contributed by atoms with Crippen LogP contribution in [0.2, 0.25) is 0 Å². The summed E-state index contributed by atoms with van der Waals surface area (Å²) in [5.74, 6) is 1.05. The van der Waals surface area contributed by atoms with E-state index in [-0.39, 0.29) is 5.69 Å². The molecule has 1 aromatic rings. The zero-order chi connectivity index (χ0) is 13.0. The Labute approximate surface area is 105 Å². The number of hydrogen-bond donors (Lipinski definition) is 1. The van der Waals surface area contributed by atoms with Gasteiger partial charge in [-0.15, -0.1) is 0 Å². The third kappa shape index (κ3) is 3.13. The van der Waals surface area contributed by atoms with Crippen molar-refractivity contribution in [3.8, 4) is 0 Å². The van der Waals surface area contributed by atoms with Crippen LogP contribution < -0.4 is 5.32 Å². The first-order chi connectivity index (χ1) is 8.69. The van der Waals surface area contributed by atoms with Crippen LogP contribution in [0, 0.1) is 16.0 Å². The molecule has 1 aliphatic rings. The Morgan fingerprint density at radius 2 is 2.28 bits per heavy atom. The first-order valence-corrected chi connectivity index (χ1v) is 6.11. The van der Waals surface area contributed by atoms with Gasteiger partial charge in [-0.1, -0.05) is 6.92 Å². The number of anilines is 1. The van der Waals surface area contributed by atoms with Crippen molar-refractivity contribution in [1.82, 2.24) is 14.9 Å². The number of nitrogens with zero attached hydrogens (tertiary/aromatic N) is 4. The lowest BCUT2D eigenvalue weighted by atomic mass is 10.1. The van der Waals surface area contributed by atoms with Gasteiger partial charge in [-0.25, -0.2) is 9.97 Å². The molecule has 1 atom stereocenters. The molecule has 1 N–H and O–H groups in total. The Kier molecular flexibility index (Phi) is 4.03. The van der Waals surface area contributed by atoms with Gasteiger partial charge in [0.15, 0.2) is 0 Å². The molecule has 1 unspecified atom stereocenters. The molecule has 7 heteroatoms. The van der Waals surface area contributed by atoms with Gasteiger partial charge in [0.05, 0.1) is 4.92 Å². The van der Waals surface area contributed by atoms with Gasteiger partial charge in [0.2, 0.25) is 5.95 Å². The summed E-state index contributed by atoms with van der Waals surface area (Å²) in [5, 5.41) is 13.6. The molecule has 0 bridgehead atoms. The predicted molar refractivity (Wildman–Crippen MR) is 67.4 cm³/mol. The van der Waals surface area contributed by atoms with Gasteiger partial charge >= 0.3 is 5.69 Å². The van der Waals surface area contributed by atoms with E-state index < -0.39 is 4.92 Å². The van der Waals surface area contributed by atoms with Crippen LogP contribution in [0.3, 0.4) is 0 Å². The molecule has 2 rings (SSSR count). The second kappa shape index (κ2) is 5.72. The molecule has 0 radical (unpaired) electrons. The Balaban J connectivity index is 1.82. The highest BCUT2D eigenvalue weighted by Crippen LogP contribution is 2.16. The number of nitrogens with one attached hydrogen (secondary N) is 1. The number of nitro groups is 1. The van der Waals surface area contributed by atoms with Crippen molar-refractivity contribution in [2.75, 3.05) is 31.5 Å². The minimum absolute atomic E-state index is 0.0847. The topological polar surface area (TPSA) is 84.2 Å². The zero-order valence-electron chi connectivity index (χ0n) is 10.4. The molecule has 1 fully saturated rings. The Morgan fingerprint density at radius 3 is 2.83 bits per heavy atom. The molecule has 2 heterocycles. The van der Waals surface area contributed by atoms with Crippen LogP contribution in [0.4, 0.5) is 11.6 Å². The molecule has 0 aromatic carbocycles. The van der Waals surface area contributed by atoms with Crippen molar-refractivity contribution in [2.45, 2.75) is 13.3 Å². The normalized spacial score (nSPS) is 19.9. The quantitative estimate of drug-likeness (QED) is 0.624. The summed E-state index contributed by atoms with van der Waals surface area (Å²) in [5.41, 5.74) is -0.0847. The second-order valence-electron chi connectivity index (χ2n) is 4.45. The molecule has 1 aromatic heterocycles. The number of hydrogen-bond acceptors (Lipinski definition) is 6. The van der Waals surface area contributed by atoms with Gasteiger partial charge in [-0.05, 0) is 25.4 Å². The van der Waals surface area contributed by atoms with Crippen molar-refractivity contribution in [2.24, 2.45) is 5.92 Å². The summed E-state index contributed by atoms with van der Waals surface area (Å²) >= 11 is 0. The van der Waals surface area contributed by atoms with Gasteiger partial charge in [-0.3, -0.25) is 10.1 Å². The largest absolute Gasteiger partial charge is 0.354 e. The van der Waals surface area contributed by atoms with Crippen LogP contribution in [-0.4, -0.2) is 46.0 Å². The molecule has 18 heavy (non-hydrogen) atoms. The SMILES string of the molecule is CCN1CCC(CNc2ncc([N+](=O)[O-])cn2)C1. The highest BCUT2D eigenvalue weighted by Gasteiger charge is 2.20. The van der Waals surface area contributed by atoms with E-state index in [2.05, 4.69) is 27.1 Å². The van der Waals surface area contributed by atoms with E-state index >= 15 is 0 Å². The predicted octanol–water partition coefficient (Wildman–Crippen LogP) is 1.14. The highest BCUT2D eigenvalue weighted by atomic mass is 16.6. The minimum atomic E-state index is -0.500. The van der Waals surface area contributed by atoms with E-state index in [1.54, 1.807) is 0 Å². The van der Waals surface area contributed by atoms with Crippen LogP contribution in [-0.2, 0) is 0 Å². The molecule has 1 saturated heterocycles. The number of likely N-dealkylation sites (tertiary alicyclic amines) is 1. The first-order valence-electron chi connectivity index (χ1n) is 6.11. The number of rotatable bonds is 5. The van der Waals surface area contributed by atoms with E-state index in [1.165, 1.54) is 18.8 Å². The van der Waals surface area contributed by atoms with E-state index in [0.717, 1.165) is 26.2 Å². The molecule has 98 valence electrons. The molecule has 1 aliphatic heterocycles.